The minimum atomic E-state index is -3.60. The molecule has 0 rings (SSSR count). The molecule has 17 heavy (non-hydrogen) atoms. The van der Waals surface area contributed by atoms with E-state index in [1.54, 1.807) is 20.8 Å². The van der Waals surface area contributed by atoms with Crippen LogP contribution in [0.2, 0.25) is 0 Å². The van der Waals surface area contributed by atoms with Gasteiger partial charge in [-0.2, -0.15) is 0 Å². The zero-order chi connectivity index (χ0) is 13.7. The number of terminal acetylenes is 1. The Balaban J connectivity index is 5.11. The second-order valence-electron chi connectivity index (χ2n) is 4.80. The molecule has 0 heterocycles. The van der Waals surface area contributed by atoms with Crippen LogP contribution in [0.5, 0.6) is 0 Å². The third kappa shape index (κ3) is 4.44. The molecule has 0 N–H and O–H groups in total. The molecular weight excluding hydrogens is 239 g/mol. The Bertz CT molecular complexity index is 316. The minimum Gasteiger partial charge on any atom is -0.287 e. The number of hydrogen-bond acceptors (Lipinski definition) is 4. The maximum Gasteiger partial charge on any atom is 0.476 e. The van der Waals surface area contributed by atoms with Crippen LogP contribution in [0, 0.1) is 17.8 Å². The first kappa shape index (κ1) is 16.7. The molecule has 0 aromatic heterocycles. The largest absolute Gasteiger partial charge is 0.476 e. The van der Waals surface area contributed by atoms with Crippen molar-refractivity contribution in [2.75, 3.05) is 13.2 Å². The van der Waals surface area contributed by atoms with Crippen molar-refractivity contribution in [1.82, 2.24) is 0 Å². The van der Waals surface area contributed by atoms with Crippen molar-refractivity contribution in [3.63, 3.8) is 0 Å². The maximum absolute atomic E-state index is 12.3. The molecule has 0 amide bonds. The summed E-state index contributed by atoms with van der Waals surface area (Å²) in [4.78, 5) is 0. The first-order chi connectivity index (χ1) is 7.64. The van der Waals surface area contributed by atoms with E-state index in [9.17, 15) is 4.57 Å². The van der Waals surface area contributed by atoms with Gasteiger partial charge in [0.2, 0.25) is 0 Å². The van der Waals surface area contributed by atoms with Crippen LogP contribution >= 0.6 is 7.82 Å². The minimum absolute atomic E-state index is 0.238. The lowest BCUT2D eigenvalue weighted by atomic mass is 9.78. The lowest BCUT2D eigenvalue weighted by Gasteiger charge is -2.38. The number of hydrogen-bond donors (Lipinski definition) is 0. The summed E-state index contributed by atoms with van der Waals surface area (Å²) in [5.41, 5.74) is -1.40. The summed E-state index contributed by atoms with van der Waals surface area (Å²) >= 11 is 0. The Kier molecular flexibility index (Phi) is 5.90. The lowest BCUT2D eigenvalue weighted by Crippen LogP contribution is -2.40. The van der Waals surface area contributed by atoms with E-state index in [1.165, 1.54) is 0 Å². The third-order valence-electron chi connectivity index (χ3n) is 2.58. The Morgan fingerprint density at radius 1 is 1.12 bits per heavy atom. The summed E-state index contributed by atoms with van der Waals surface area (Å²) in [5, 5.41) is 0. The molecule has 0 fully saturated rings. The molecule has 0 bridgehead atoms. The molecule has 0 spiro atoms. The fourth-order valence-electron chi connectivity index (χ4n) is 1.01. The molecule has 0 aliphatic rings. The summed E-state index contributed by atoms with van der Waals surface area (Å²) in [5.74, 6) is 2.54. The predicted octanol–water partition coefficient (Wildman–Crippen LogP) is 3.62. The van der Waals surface area contributed by atoms with Crippen LogP contribution in [-0.2, 0) is 18.1 Å². The van der Waals surface area contributed by atoms with E-state index in [1.807, 2.05) is 20.8 Å². The molecule has 0 radical (unpaired) electrons. The van der Waals surface area contributed by atoms with Gasteiger partial charge >= 0.3 is 7.82 Å². The van der Waals surface area contributed by atoms with Crippen LogP contribution in [-0.4, -0.2) is 18.8 Å². The van der Waals surface area contributed by atoms with E-state index >= 15 is 0 Å². The summed E-state index contributed by atoms with van der Waals surface area (Å²) in [6.07, 6.45) is 5.49. The van der Waals surface area contributed by atoms with Gasteiger partial charge in [0, 0.05) is 5.41 Å². The first-order valence-electron chi connectivity index (χ1n) is 5.71. The topological polar surface area (TPSA) is 44.8 Å². The molecule has 4 nitrogen and oxygen atoms in total. The third-order valence-corrected chi connectivity index (χ3v) is 4.31. The molecule has 0 aliphatic heterocycles. The van der Waals surface area contributed by atoms with Crippen LogP contribution in [0.4, 0.5) is 0 Å². The van der Waals surface area contributed by atoms with Gasteiger partial charge in [0.25, 0.3) is 0 Å². The maximum atomic E-state index is 12.3. The average molecular weight is 262 g/mol. The standard InChI is InChI=1S/C12H23O4P/c1-8-12(7,11(4,5)6)16-17(13,14-9-2)15-10-3/h1H,9-10H2,2-7H3. The van der Waals surface area contributed by atoms with Crippen molar-refractivity contribution < 1.29 is 18.1 Å². The highest BCUT2D eigenvalue weighted by Gasteiger charge is 2.44. The van der Waals surface area contributed by atoms with Crippen LogP contribution < -0.4 is 0 Å². The highest BCUT2D eigenvalue weighted by Crippen LogP contribution is 2.55. The zero-order valence-electron chi connectivity index (χ0n) is 11.6. The zero-order valence-corrected chi connectivity index (χ0v) is 12.5. The molecule has 1 atom stereocenters. The van der Waals surface area contributed by atoms with E-state index in [4.69, 9.17) is 20.0 Å². The van der Waals surface area contributed by atoms with E-state index in [0.717, 1.165) is 0 Å². The fourth-order valence-corrected chi connectivity index (χ4v) is 2.60. The van der Waals surface area contributed by atoms with Crippen molar-refractivity contribution in [3.8, 4) is 12.3 Å². The molecule has 0 aliphatic carbocycles. The molecule has 0 saturated carbocycles. The van der Waals surface area contributed by atoms with Gasteiger partial charge in [-0.25, -0.2) is 4.57 Å². The molecule has 0 aromatic carbocycles. The normalized spacial score (nSPS) is 16.3. The van der Waals surface area contributed by atoms with Gasteiger partial charge in [0.1, 0.15) is 5.60 Å². The smallest absolute Gasteiger partial charge is 0.287 e. The van der Waals surface area contributed by atoms with E-state index in [2.05, 4.69) is 5.92 Å². The Labute approximate surface area is 105 Å². The summed E-state index contributed by atoms with van der Waals surface area (Å²) < 4.78 is 27.9. The van der Waals surface area contributed by atoms with Gasteiger partial charge in [-0.05, 0) is 20.8 Å². The van der Waals surface area contributed by atoms with Crippen LogP contribution in [0.3, 0.4) is 0 Å². The van der Waals surface area contributed by atoms with Crippen molar-refractivity contribution in [1.29, 1.82) is 0 Å². The van der Waals surface area contributed by atoms with Crippen molar-refractivity contribution >= 4 is 7.82 Å². The number of phosphoric ester groups is 1. The fraction of sp³-hybridized carbons (Fsp3) is 0.833. The lowest BCUT2D eigenvalue weighted by molar-refractivity contribution is -0.00683. The number of phosphoric acid groups is 1. The van der Waals surface area contributed by atoms with Crippen LogP contribution in [0.15, 0.2) is 0 Å². The Morgan fingerprint density at radius 3 is 1.76 bits per heavy atom. The SMILES string of the molecule is C#CC(C)(OP(=O)(OCC)OCC)C(C)(C)C. The average Bonchev–Trinajstić information content (AvgIpc) is 2.16. The van der Waals surface area contributed by atoms with Gasteiger partial charge in [0.05, 0.1) is 13.2 Å². The highest BCUT2D eigenvalue weighted by atomic mass is 31.2. The summed E-state index contributed by atoms with van der Waals surface area (Å²) in [6.45, 7) is 11.4. The van der Waals surface area contributed by atoms with E-state index < -0.39 is 13.4 Å². The molecule has 0 aromatic rings. The van der Waals surface area contributed by atoms with E-state index in [-0.39, 0.29) is 18.6 Å². The monoisotopic (exact) mass is 262 g/mol. The second-order valence-corrected chi connectivity index (χ2v) is 6.40. The highest BCUT2D eigenvalue weighted by molar-refractivity contribution is 7.48. The van der Waals surface area contributed by atoms with Gasteiger partial charge < -0.3 is 0 Å². The Morgan fingerprint density at radius 2 is 1.53 bits per heavy atom. The van der Waals surface area contributed by atoms with Gasteiger partial charge in [-0.1, -0.05) is 26.7 Å². The van der Waals surface area contributed by atoms with E-state index in [0.29, 0.717) is 0 Å². The Hall–Kier alpha value is -0.330. The van der Waals surface area contributed by atoms with Crippen molar-refractivity contribution in [2.45, 2.75) is 47.1 Å². The summed E-state index contributed by atoms with van der Waals surface area (Å²) in [7, 11) is -3.60. The quantitative estimate of drug-likeness (QED) is 0.541. The van der Waals surface area contributed by atoms with Crippen LogP contribution in [0.25, 0.3) is 0 Å². The molecular formula is C12H23O4P. The number of rotatable bonds is 6. The van der Waals surface area contributed by atoms with Crippen molar-refractivity contribution in [2.24, 2.45) is 5.41 Å². The molecule has 100 valence electrons. The molecule has 1 unspecified atom stereocenters. The molecule has 5 heteroatoms. The predicted molar refractivity (Wildman–Crippen MR) is 68.6 cm³/mol. The van der Waals surface area contributed by atoms with Crippen molar-refractivity contribution in [3.05, 3.63) is 0 Å². The second kappa shape index (κ2) is 6.02. The van der Waals surface area contributed by atoms with Gasteiger partial charge in [-0.3, -0.25) is 13.6 Å². The molecule has 0 saturated heterocycles. The summed E-state index contributed by atoms with van der Waals surface area (Å²) in [6, 6.07) is 0. The van der Waals surface area contributed by atoms with Gasteiger partial charge in [-0.15, -0.1) is 6.42 Å². The first-order valence-corrected chi connectivity index (χ1v) is 7.18. The van der Waals surface area contributed by atoms with Gasteiger partial charge in [0.15, 0.2) is 0 Å². The van der Waals surface area contributed by atoms with Crippen LogP contribution in [0.1, 0.15) is 41.5 Å².